The fraction of sp³-hybridized carbons (Fsp3) is 0.429. The Morgan fingerprint density at radius 2 is 2.33 bits per heavy atom. The highest BCUT2D eigenvalue weighted by molar-refractivity contribution is 6.30. The smallest absolute Gasteiger partial charge is 0.128 e. The maximum absolute atomic E-state index is 9.17. The molecule has 0 amide bonds. The highest BCUT2D eigenvalue weighted by Gasteiger charge is 2.11. The van der Waals surface area contributed by atoms with Gasteiger partial charge in [-0.3, -0.25) is 0 Å². The van der Waals surface area contributed by atoms with Gasteiger partial charge >= 0.3 is 0 Å². The fourth-order valence-electron chi connectivity index (χ4n) is 1.66. The van der Waals surface area contributed by atoms with Crippen molar-refractivity contribution in [3.8, 4) is 5.75 Å². The first-order valence-corrected chi connectivity index (χ1v) is 6.55. The quantitative estimate of drug-likeness (QED) is 0.707. The average Bonchev–Trinajstić information content (AvgIpc) is 2.39. The number of hydrogen-bond acceptors (Lipinski definition) is 2. The van der Waals surface area contributed by atoms with Crippen LogP contribution in [-0.4, -0.2) is 24.4 Å². The fourth-order valence-corrected chi connectivity index (χ4v) is 1.86. The molecule has 3 N–H and O–H groups in total. The van der Waals surface area contributed by atoms with Crippen LogP contribution in [0.3, 0.4) is 0 Å². The number of rotatable bonds is 8. The third kappa shape index (κ3) is 4.69. The zero-order valence-electron chi connectivity index (χ0n) is 10.7. The summed E-state index contributed by atoms with van der Waals surface area (Å²) in [5.41, 5.74) is 1.04. The second-order valence-electron chi connectivity index (χ2n) is 4.14. The summed E-state index contributed by atoms with van der Waals surface area (Å²) >= 11 is 5.99. The number of halogens is 1. The van der Waals surface area contributed by atoms with Gasteiger partial charge in [-0.05, 0) is 24.6 Å². The Morgan fingerprint density at radius 3 is 2.94 bits per heavy atom. The first kappa shape index (κ1) is 15.0. The van der Waals surface area contributed by atoms with Crippen molar-refractivity contribution in [1.29, 1.82) is 0 Å². The van der Waals surface area contributed by atoms with Crippen LogP contribution >= 0.6 is 11.6 Å². The Hall–Kier alpha value is -1.03. The maximum atomic E-state index is 9.17. The molecule has 3 nitrogen and oxygen atoms in total. The van der Waals surface area contributed by atoms with E-state index in [4.69, 9.17) is 21.4 Å². The minimum Gasteiger partial charge on any atom is -0.489 e. The Labute approximate surface area is 113 Å². The zero-order valence-corrected chi connectivity index (χ0v) is 11.5. The van der Waals surface area contributed by atoms with Gasteiger partial charge in [0, 0.05) is 10.6 Å². The normalized spacial score (nSPS) is 12.2. The maximum Gasteiger partial charge on any atom is 0.128 e. The highest BCUT2D eigenvalue weighted by atomic mass is 35.5. The molecule has 1 rings (SSSR count). The number of benzene rings is 1. The van der Waals surface area contributed by atoms with E-state index in [-0.39, 0.29) is 12.6 Å². The van der Waals surface area contributed by atoms with Crippen LogP contribution in [0.2, 0.25) is 5.02 Å². The lowest BCUT2D eigenvalue weighted by molar-refractivity contribution is -0.706. The Balaban J connectivity index is 2.71. The summed E-state index contributed by atoms with van der Waals surface area (Å²) in [6.45, 7) is 7.09. The number of nitrogens with two attached hydrogens (primary N) is 1. The number of aliphatic hydroxyl groups excluding tert-OH is 1. The molecule has 0 unspecified atom stereocenters. The molecule has 0 spiro atoms. The summed E-state index contributed by atoms with van der Waals surface area (Å²) in [5, 5.41) is 12.0. The van der Waals surface area contributed by atoms with Gasteiger partial charge in [0.05, 0.1) is 6.61 Å². The summed E-state index contributed by atoms with van der Waals surface area (Å²) in [4.78, 5) is 0. The predicted octanol–water partition coefficient (Wildman–Crippen LogP) is 1.74. The molecule has 18 heavy (non-hydrogen) atoms. The molecule has 0 bridgehead atoms. The van der Waals surface area contributed by atoms with Crippen molar-refractivity contribution in [2.75, 3.05) is 13.2 Å². The summed E-state index contributed by atoms with van der Waals surface area (Å²) in [5.74, 6) is 0.823. The molecule has 0 aliphatic heterocycles. The molecule has 0 saturated carbocycles. The van der Waals surface area contributed by atoms with Crippen molar-refractivity contribution >= 4 is 11.6 Å². The number of aliphatic hydroxyl groups is 1. The molecule has 4 heteroatoms. The molecule has 1 aromatic rings. The zero-order chi connectivity index (χ0) is 13.4. The lowest BCUT2D eigenvalue weighted by atomic mass is 10.1. The first-order valence-electron chi connectivity index (χ1n) is 6.17. The van der Waals surface area contributed by atoms with E-state index in [1.165, 1.54) is 0 Å². The summed E-state index contributed by atoms with van der Waals surface area (Å²) in [7, 11) is 0. The van der Waals surface area contributed by atoms with Crippen LogP contribution < -0.4 is 10.1 Å². The van der Waals surface area contributed by atoms with E-state index in [1.807, 2.05) is 18.2 Å². The van der Waals surface area contributed by atoms with Crippen LogP contribution in [0.4, 0.5) is 0 Å². The number of hydrogen-bond donors (Lipinski definition) is 2. The molecular weight excluding hydrogens is 250 g/mol. The minimum atomic E-state index is 0.180. The molecule has 0 heterocycles. The largest absolute Gasteiger partial charge is 0.489 e. The van der Waals surface area contributed by atoms with Crippen LogP contribution in [0.1, 0.15) is 18.9 Å². The van der Waals surface area contributed by atoms with Crippen molar-refractivity contribution in [1.82, 2.24) is 0 Å². The molecule has 1 atom stereocenters. The first-order chi connectivity index (χ1) is 8.71. The second-order valence-corrected chi connectivity index (χ2v) is 4.58. The lowest BCUT2D eigenvalue weighted by Gasteiger charge is -2.13. The van der Waals surface area contributed by atoms with Gasteiger partial charge in [-0.1, -0.05) is 31.2 Å². The predicted molar refractivity (Wildman–Crippen MR) is 73.9 cm³/mol. The van der Waals surface area contributed by atoms with Crippen LogP contribution in [-0.2, 0) is 6.54 Å². The molecule has 0 aliphatic rings. The van der Waals surface area contributed by atoms with Crippen LogP contribution in [0.25, 0.3) is 0 Å². The minimum absolute atomic E-state index is 0.180. The van der Waals surface area contributed by atoms with Gasteiger partial charge in [-0.15, -0.1) is 0 Å². The molecule has 0 aliphatic carbocycles. The average molecular weight is 271 g/mol. The molecule has 0 fully saturated rings. The van der Waals surface area contributed by atoms with Gasteiger partial charge < -0.3 is 15.2 Å². The van der Waals surface area contributed by atoms with E-state index in [9.17, 15) is 0 Å². The van der Waals surface area contributed by atoms with E-state index in [0.717, 1.165) is 24.3 Å². The van der Waals surface area contributed by atoms with Crippen molar-refractivity contribution < 1.29 is 15.2 Å². The number of quaternary nitrogens is 1. The SMILES string of the molecule is C=CCOc1ccc(Cl)cc1C[NH2+][C@@H](CC)CO. The van der Waals surface area contributed by atoms with E-state index in [0.29, 0.717) is 11.6 Å². The summed E-state index contributed by atoms with van der Waals surface area (Å²) in [6, 6.07) is 5.80. The molecule has 0 aromatic heterocycles. The van der Waals surface area contributed by atoms with Crippen molar-refractivity contribution in [3.05, 3.63) is 41.4 Å². The van der Waals surface area contributed by atoms with Crippen LogP contribution in [0.5, 0.6) is 5.75 Å². The van der Waals surface area contributed by atoms with Crippen molar-refractivity contribution in [2.45, 2.75) is 25.9 Å². The van der Waals surface area contributed by atoms with Gasteiger partial charge in [0.25, 0.3) is 0 Å². The standard InChI is InChI=1S/C14H20ClNO2/c1-3-7-18-14-6-5-12(15)8-11(14)9-16-13(4-2)10-17/h3,5-6,8,13,16-17H,1,4,7,9-10H2,2H3/p+1/t13-/m0/s1. The third-order valence-corrected chi connectivity index (χ3v) is 3.04. The van der Waals surface area contributed by atoms with E-state index in [2.05, 4.69) is 18.8 Å². The number of ether oxygens (including phenoxy) is 1. The van der Waals surface area contributed by atoms with Crippen molar-refractivity contribution in [3.63, 3.8) is 0 Å². The Morgan fingerprint density at radius 1 is 1.56 bits per heavy atom. The van der Waals surface area contributed by atoms with Gasteiger partial charge in [-0.25, -0.2) is 0 Å². The Bertz CT molecular complexity index is 378. The second kappa shape index (κ2) is 8.14. The third-order valence-electron chi connectivity index (χ3n) is 2.81. The monoisotopic (exact) mass is 270 g/mol. The highest BCUT2D eigenvalue weighted by Crippen LogP contribution is 2.22. The topological polar surface area (TPSA) is 46.1 Å². The van der Waals surface area contributed by atoms with Gasteiger partial charge in [0.2, 0.25) is 0 Å². The van der Waals surface area contributed by atoms with Gasteiger partial charge in [0.15, 0.2) is 0 Å². The molecular formula is C14H21ClNO2+. The van der Waals surface area contributed by atoms with Crippen LogP contribution in [0.15, 0.2) is 30.9 Å². The van der Waals surface area contributed by atoms with E-state index < -0.39 is 0 Å². The molecule has 0 saturated heterocycles. The van der Waals surface area contributed by atoms with E-state index in [1.54, 1.807) is 6.08 Å². The molecule has 1 aromatic carbocycles. The van der Waals surface area contributed by atoms with Gasteiger partial charge in [-0.2, -0.15) is 0 Å². The summed E-state index contributed by atoms with van der Waals surface area (Å²) in [6.07, 6.45) is 2.64. The molecule has 100 valence electrons. The summed E-state index contributed by atoms with van der Waals surface area (Å²) < 4.78 is 5.58. The van der Waals surface area contributed by atoms with Gasteiger partial charge in [0.1, 0.15) is 24.9 Å². The lowest BCUT2D eigenvalue weighted by Crippen LogP contribution is -2.89. The van der Waals surface area contributed by atoms with Crippen molar-refractivity contribution in [2.24, 2.45) is 0 Å². The van der Waals surface area contributed by atoms with Crippen LogP contribution in [0, 0.1) is 0 Å². The molecule has 0 radical (unpaired) electrons. The van der Waals surface area contributed by atoms with E-state index >= 15 is 0 Å². The Kier molecular flexibility index (Phi) is 6.80.